The third-order valence-corrected chi connectivity index (χ3v) is 6.57. The lowest BCUT2D eigenvalue weighted by Crippen LogP contribution is -2.53. The first-order valence-electron chi connectivity index (χ1n) is 7.01. The summed E-state index contributed by atoms with van der Waals surface area (Å²) in [6, 6.07) is 0.793. The molecule has 0 aliphatic carbocycles. The summed E-state index contributed by atoms with van der Waals surface area (Å²) < 4.78 is 23.0. The number of hydrogen-bond acceptors (Lipinski definition) is 4. The van der Waals surface area contributed by atoms with Gasteiger partial charge in [-0.3, -0.25) is 9.69 Å². The third-order valence-electron chi connectivity index (χ3n) is 4.74. The van der Waals surface area contributed by atoms with Gasteiger partial charge in [0.2, 0.25) is 0 Å². The van der Waals surface area contributed by atoms with E-state index in [1.807, 2.05) is 0 Å². The summed E-state index contributed by atoms with van der Waals surface area (Å²) in [5.74, 6) is 1.42. The van der Waals surface area contributed by atoms with Crippen LogP contribution < -0.4 is 0 Å². The number of fused-ring (bicyclic) bond motifs is 2. The first-order valence-corrected chi connectivity index (χ1v) is 8.83. The zero-order valence-electron chi connectivity index (χ0n) is 10.7. The maximum Gasteiger partial charge on any atom is 0.150 e. The molecule has 0 radical (unpaired) electrons. The molecular weight excluding hydrogens is 250 g/mol. The maximum atomic E-state index is 11.6. The van der Waals surface area contributed by atoms with Crippen molar-refractivity contribution in [3.8, 4) is 0 Å². The number of carbonyl (C=O) groups is 1. The molecule has 4 nitrogen and oxygen atoms in total. The first kappa shape index (κ1) is 12.6. The zero-order valence-corrected chi connectivity index (χ0v) is 11.5. The van der Waals surface area contributed by atoms with Gasteiger partial charge in [-0.2, -0.15) is 0 Å². The smallest absolute Gasteiger partial charge is 0.150 e. The molecule has 0 saturated carbocycles. The van der Waals surface area contributed by atoms with Gasteiger partial charge in [0.15, 0.2) is 9.84 Å². The number of nitrogens with zero attached hydrogens (tertiary/aromatic N) is 1. The van der Waals surface area contributed by atoms with Crippen LogP contribution in [0.5, 0.6) is 0 Å². The van der Waals surface area contributed by atoms with Crippen molar-refractivity contribution in [2.24, 2.45) is 5.92 Å². The number of Topliss-reactive ketones (excluding diaryl/α,β-unsaturated/α-hetero) is 1. The topological polar surface area (TPSA) is 54.5 Å². The predicted molar refractivity (Wildman–Crippen MR) is 69.1 cm³/mol. The number of carbonyl (C=O) groups excluding carboxylic acids is 1. The van der Waals surface area contributed by atoms with Crippen molar-refractivity contribution in [2.75, 3.05) is 18.1 Å². The fourth-order valence-electron chi connectivity index (χ4n) is 3.88. The average Bonchev–Trinajstić information content (AvgIpc) is 2.59. The summed E-state index contributed by atoms with van der Waals surface area (Å²) in [6.07, 6.45) is 5.64. The molecule has 3 unspecified atom stereocenters. The van der Waals surface area contributed by atoms with Crippen LogP contribution in [0.15, 0.2) is 0 Å². The van der Waals surface area contributed by atoms with Crippen molar-refractivity contribution in [2.45, 2.75) is 50.6 Å². The maximum absolute atomic E-state index is 11.6. The van der Waals surface area contributed by atoms with E-state index in [4.69, 9.17) is 0 Å². The van der Waals surface area contributed by atoms with E-state index in [0.717, 1.165) is 25.8 Å². The summed E-state index contributed by atoms with van der Waals surface area (Å²) in [7, 11) is -2.77. The first-order chi connectivity index (χ1) is 8.53. The molecule has 0 aromatic heterocycles. The highest BCUT2D eigenvalue weighted by Crippen LogP contribution is 2.34. The van der Waals surface area contributed by atoms with Gasteiger partial charge >= 0.3 is 0 Å². The summed E-state index contributed by atoms with van der Waals surface area (Å²) in [6.45, 7) is 0.891. The molecule has 0 aromatic carbocycles. The third kappa shape index (κ3) is 2.48. The van der Waals surface area contributed by atoms with Gasteiger partial charge < -0.3 is 0 Å². The SMILES string of the molecule is O=C1CC2CCCC(C1)N2CC1CCS(=O)(=O)C1. The average molecular weight is 271 g/mol. The van der Waals surface area contributed by atoms with E-state index in [0.29, 0.717) is 48.1 Å². The van der Waals surface area contributed by atoms with E-state index in [9.17, 15) is 13.2 Å². The van der Waals surface area contributed by atoms with E-state index in [1.165, 1.54) is 6.42 Å². The normalized spacial score (nSPS) is 40.0. The number of piperidine rings is 2. The molecule has 3 fully saturated rings. The van der Waals surface area contributed by atoms with Gasteiger partial charge in [0.05, 0.1) is 11.5 Å². The molecule has 0 N–H and O–H groups in total. The standard InChI is InChI=1S/C13H21NO3S/c15-13-6-11-2-1-3-12(7-13)14(11)8-10-4-5-18(16,17)9-10/h10-12H,1-9H2. The van der Waals surface area contributed by atoms with Crippen molar-refractivity contribution in [3.63, 3.8) is 0 Å². The predicted octanol–water partition coefficient (Wildman–Crippen LogP) is 1.01. The summed E-state index contributed by atoms with van der Waals surface area (Å²) in [4.78, 5) is 14.1. The lowest BCUT2D eigenvalue weighted by molar-refractivity contribution is -0.127. The monoisotopic (exact) mass is 271 g/mol. The Morgan fingerprint density at radius 1 is 1.11 bits per heavy atom. The van der Waals surface area contributed by atoms with E-state index < -0.39 is 9.84 Å². The highest BCUT2D eigenvalue weighted by molar-refractivity contribution is 7.91. The van der Waals surface area contributed by atoms with Gasteiger partial charge in [-0.05, 0) is 25.2 Å². The number of sulfone groups is 1. The van der Waals surface area contributed by atoms with Crippen LogP contribution >= 0.6 is 0 Å². The van der Waals surface area contributed by atoms with Crippen LogP contribution in [0, 0.1) is 5.92 Å². The van der Waals surface area contributed by atoms with Gasteiger partial charge in [0.1, 0.15) is 5.78 Å². The molecule has 102 valence electrons. The minimum absolute atomic E-state index is 0.298. The second kappa shape index (κ2) is 4.60. The van der Waals surface area contributed by atoms with Gasteiger partial charge in [-0.15, -0.1) is 0 Å². The van der Waals surface area contributed by atoms with E-state index >= 15 is 0 Å². The Labute approximate surface area is 109 Å². The molecule has 18 heavy (non-hydrogen) atoms. The Hall–Kier alpha value is -0.420. The molecule has 3 aliphatic rings. The Morgan fingerprint density at radius 3 is 2.33 bits per heavy atom. The molecule has 5 heteroatoms. The van der Waals surface area contributed by atoms with Crippen LogP contribution in [-0.4, -0.2) is 49.2 Å². The number of rotatable bonds is 2. The summed E-state index contributed by atoms with van der Waals surface area (Å²) in [5.41, 5.74) is 0. The van der Waals surface area contributed by atoms with Crippen molar-refractivity contribution in [1.29, 1.82) is 0 Å². The van der Waals surface area contributed by atoms with Crippen LogP contribution in [0.1, 0.15) is 38.5 Å². The fraction of sp³-hybridized carbons (Fsp3) is 0.923. The molecule has 3 rings (SSSR count). The van der Waals surface area contributed by atoms with Gasteiger partial charge in [0.25, 0.3) is 0 Å². The lowest BCUT2D eigenvalue weighted by Gasteiger charge is -2.46. The minimum atomic E-state index is -2.77. The molecule has 3 heterocycles. The second-order valence-electron chi connectivity index (χ2n) is 6.15. The Balaban J connectivity index is 1.67. The Morgan fingerprint density at radius 2 is 1.78 bits per heavy atom. The summed E-state index contributed by atoms with van der Waals surface area (Å²) >= 11 is 0. The number of ketones is 1. The largest absolute Gasteiger partial charge is 0.300 e. The number of hydrogen-bond donors (Lipinski definition) is 0. The highest BCUT2D eigenvalue weighted by atomic mass is 32.2. The van der Waals surface area contributed by atoms with Crippen LogP contribution in [0.25, 0.3) is 0 Å². The van der Waals surface area contributed by atoms with Crippen LogP contribution in [-0.2, 0) is 14.6 Å². The van der Waals surface area contributed by atoms with E-state index in [1.54, 1.807) is 0 Å². The molecule has 3 saturated heterocycles. The van der Waals surface area contributed by atoms with Crippen molar-refractivity contribution < 1.29 is 13.2 Å². The molecule has 0 spiro atoms. The van der Waals surface area contributed by atoms with E-state index in [2.05, 4.69) is 4.90 Å². The molecular formula is C13H21NO3S. The van der Waals surface area contributed by atoms with Crippen molar-refractivity contribution in [1.82, 2.24) is 4.90 Å². The van der Waals surface area contributed by atoms with Crippen molar-refractivity contribution in [3.05, 3.63) is 0 Å². The second-order valence-corrected chi connectivity index (χ2v) is 8.38. The molecule has 0 aromatic rings. The van der Waals surface area contributed by atoms with Gasteiger partial charge in [0, 0.05) is 31.5 Å². The highest BCUT2D eigenvalue weighted by Gasteiger charge is 2.40. The van der Waals surface area contributed by atoms with Gasteiger partial charge in [-0.1, -0.05) is 6.42 Å². The Kier molecular flexibility index (Phi) is 3.22. The van der Waals surface area contributed by atoms with E-state index in [-0.39, 0.29) is 0 Å². The lowest BCUT2D eigenvalue weighted by atomic mass is 9.83. The zero-order chi connectivity index (χ0) is 12.8. The van der Waals surface area contributed by atoms with Crippen LogP contribution in [0.3, 0.4) is 0 Å². The molecule has 0 amide bonds. The fourth-order valence-corrected chi connectivity index (χ4v) is 5.73. The molecule has 3 atom stereocenters. The van der Waals surface area contributed by atoms with Crippen LogP contribution in [0.4, 0.5) is 0 Å². The van der Waals surface area contributed by atoms with Crippen LogP contribution in [0.2, 0.25) is 0 Å². The minimum Gasteiger partial charge on any atom is -0.300 e. The van der Waals surface area contributed by atoms with Crippen molar-refractivity contribution >= 4 is 15.6 Å². The Bertz CT molecular complexity index is 429. The molecule has 3 aliphatic heterocycles. The summed E-state index contributed by atoms with van der Waals surface area (Å²) in [5, 5.41) is 0. The molecule has 2 bridgehead atoms. The quantitative estimate of drug-likeness (QED) is 0.752. The van der Waals surface area contributed by atoms with Gasteiger partial charge in [-0.25, -0.2) is 8.42 Å².